The van der Waals surface area contributed by atoms with E-state index in [9.17, 15) is 9.90 Å². The molecule has 0 saturated carbocycles. The standard InChI is InChI=1S/C14H19ClN2O2/c1-16-11-4-6-17(7-5-11)14(19)9-10-2-3-13(18)12(15)8-10/h2-3,8,11,16,18H,4-7,9H2,1H3. The van der Waals surface area contributed by atoms with Crippen LogP contribution >= 0.6 is 11.6 Å². The molecule has 0 atom stereocenters. The van der Waals surface area contributed by atoms with Crippen LogP contribution in [0.3, 0.4) is 0 Å². The van der Waals surface area contributed by atoms with Gasteiger partial charge in [0.1, 0.15) is 5.75 Å². The third-order valence-electron chi connectivity index (χ3n) is 3.62. The molecule has 2 rings (SSSR count). The lowest BCUT2D eigenvalue weighted by Gasteiger charge is -2.31. The van der Waals surface area contributed by atoms with Crippen molar-refractivity contribution in [2.75, 3.05) is 20.1 Å². The van der Waals surface area contributed by atoms with Crippen LogP contribution < -0.4 is 5.32 Å². The molecule has 1 aromatic carbocycles. The maximum Gasteiger partial charge on any atom is 0.226 e. The molecule has 1 aliphatic rings. The van der Waals surface area contributed by atoms with E-state index in [1.807, 2.05) is 11.9 Å². The van der Waals surface area contributed by atoms with E-state index in [0.29, 0.717) is 17.5 Å². The average Bonchev–Trinajstić information content (AvgIpc) is 2.43. The fourth-order valence-corrected chi connectivity index (χ4v) is 2.57. The Balaban J connectivity index is 1.92. The van der Waals surface area contributed by atoms with Gasteiger partial charge in [0.05, 0.1) is 11.4 Å². The molecular weight excluding hydrogens is 264 g/mol. The Hall–Kier alpha value is -1.26. The molecule has 5 heteroatoms. The van der Waals surface area contributed by atoms with Crippen LogP contribution in [0.5, 0.6) is 5.75 Å². The van der Waals surface area contributed by atoms with Crippen molar-refractivity contribution >= 4 is 17.5 Å². The molecule has 104 valence electrons. The number of amides is 1. The maximum atomic E-state index is 12.2. The molecule has 1 saturated heterocycles. The van der Waals surface area contributed by atoms with E-state index in [0.717, 1.165) is 31.5 Å². The molecule has 0 bridgehead atoms. The lowest BCUT2D eigenvalue weighted by Crippen LogP contribution is -2.44. The third kappa shape index (κ3) is 3.61. The summed E-state index contributed by atoms with van der Waals surface area (Å²) in [6, 6.07) is 5.43. The molecule has 0 aromatic heterocycles. The van der Waals surface area contributed by atoms with Crippen molar-refractivity contribution in [1.29, 1.82) is 0 Å². The van der Waals surface area contributed by atoms with Crippen LogP contribution in [0.15, 0.2) is 18.2 Å². The molecule has 1 amide bonds. The molecule has 1 aliphatic heterocycles. The minimum absolute atomic E-state index is 0.0488. The van der Waals surface area contributed by atoms with Gasteiger partial charge in [0.15, 0.2) is 0 Å². The number of carbonyl (C=O) groups excluding carboxylic acids is 1. The largest absolute Gasteiger partial charge is 0.506 e. The Labute approximate surface area is 118 Å². The summed E-state index contributed by atoms with van der Waals surface area (Å²) in [4.78, 5) is 14.1. The number of halogens is 1. The van der Waals surface area contributed by atoms with Crippen molar-refractivity contribution in [3.63, 3.8) is 0 Å². The van der Waals surface area contributed by atoms with E-state index < -0.39 is 0 Å². The second-order valence-electron chi connectivity index (χ2n) is 4.91. The van der Waals surface area contributed by atoms with Crippen LogP contribution in [0, 0.1) is 0 Å². The van der Waals surface area contributed by atoms with Crippen LogP contribution in [-0.4, -0.2) is 42.1 Å². The number of rotatable bonds is 3. The van der Waals surface area contributed by atoms with Crippen LogP contribution in [0.2, 0.25) is 5.02 Å². The number of phenols is 1. The molecule has 19 heavy (non-hydrogen) atoms. The first-order valence-electron chi connectivity index (χ1n) is 6.52. The van der Waals surface area contributed by atoms with E-state index in [2.05, 4.69) is 5.32 Å². The molecule has 2 N–H and O–H groups in total. The molecule has 1 fully saturated rings. The van der Waals surface area contributed by atoms with Gasteiger partial charge in [-0.1, -0.05) is 17.7 Å². The first-order chi connectivity index (χ1) is 9.10. The highest BCUT2D eigenvalue weighted by atomic mass is 35.5. The van der Waals surface area contributed by atoms with E-state index >= 15 is 0 Å². The number of piperidine rings is 1. The second-order valence-corrected chi connectivity index (χ2v) is 5.31. The van der Waals surface area contributed by atoms with Crippen molar-refractivity contribution < 1.29 is 9.90 Å². The van der Waals surface area contributed by atoms with Gasteiger partial charge < -0.3 is 15.3 Å². The zero-order valence-electron chi connectivity index (χ0n) is 11.0. The van der Waals surface area contributed by atoms with Gasteiger partial charge in [-0.05, 0) is 37.6 Å². The smallest absolute Gasteiger partial charge is 0.226 e. The molecule has 4 nitrogen and oxygen atoms in total. The normalized spacial score (nSPS) is 16.6. The topological polar surface area (TPSA) is 52.6 Å². The van der Waals surface area contributed by atoms with Gasteiger partial charge in [0.25, 0.3) is 0 Å². The van der Waals surface area contributed by atoms with Crippen LogP contribution in [0.1, 0.15) is 18.4 Å². The molecule has 1 aromatic rings. The van der Waals surface area contributed by atoms with Gasteiger partial charge in [-0.3, -0.25) is 4.79 Å². The summed E-state index contributed by atoms with van der Waals surface area (Å²) >= 11 is 5.84. The zero-order chi connectivity index (χ0) is 13.8. The monoisotopic (exact) mass is 282 g/mol. The Morgan fingerprint density at radius 1 is 1.47 bits per heavy atom. The van der Waals surface area contributed by atoms with Gasteiger partial charge in [0, 0.05) is 19.1 Å². The fourth-order valence-electron chi connectivity index (χ4n) is 2.36. The number of benzene rings is 1. The van der Waals surface area contributed by atoms with Crippen molar-refractivity contribution in [3.8, 4) is 5.75 Å². The first-order valence-corrected chi connectivity index (χ1v) is 6.90. The van der Waals surface area contributed by atoms with Crippen molar-refractivity contribution in [2.24, 2.45) is 0 Å². The Bertz CT molecular complexity index is 457. The number of nitrogens with zero attached hydrogens (tertiary/aromatic N) is 1. The summed E-state index contributed by atoms with van der Waals surface area (Å²) < 4.78 is 0. The Kier molecular flexibility index (Phi) is 4.66. The highest BCUT2D eigenvalue weighted by Crippen LogP contribution is 2.24. The molecule has 1 heterocycles. The average molecular weight is 283 g/mol. The third-order valence-corrected chi connectivity index (χ3v) is 3.93. The van der Waals surface area contributed by atoms with E-state index in [4.69, 9.17) is 11.6 Å². The quantitative estimate of drug-likeness (QED) is 0.889. The summed E-state index contributed by atoms with van der Waals surface area (Å²) in [5, 5.41) is 12.9. The first kappa shape index (κ1) is 14.2. The molecule has 0 aliphatic carbocycles. The predicted molar refractivity (Wildman–Crippen MR) is 75.5 cm³/mol. The van der Waals surface area contributed by atoms with E-state index in [-0.39, 0.29) is 11.7 Å². The molecular formula is C14H19ClN2O2. The predicted octanol–water partition coefficient (Wildman–Crippen LogP) is 1.80. The lowest BCUT2D eigenvalue weighted by atomic mass is 10.0. The number of aromatic hydroxyl groups is 1. The fraction of sp³-hybridized carbons (Fsp3) is 0.500. The lowest BCUT2D eigenvalue weighted by molar-refractivity contribution is -0.131. The highest BCUT2D eigenvalue weighted by molar-refractivity contribution is 6.32. The van der Waals surface area contributed by atoms with E-state index in [1.165, 1.54) is 6.07 Å². The van der Waals surface area contributed by atoms with Gasteiger partial charge in [-0.2, -0.15) is 0 Å². The Morgan fingerprint density at radius 3 is 2.74 bits per heavy atom. The van der Waals surface area contributed by atoms with E-state index in [1.54, 1.807) is 12.1 Å². The summed E-state index contributed by atoms with van der Waals surface area (Å²) in [5.41, 5.74) is 0.837. The van der Waals surface area contributed by atoms with Crippen molar-refractivity contribution in [2.45, 2.75) is 25.3 Å². The minimum Gasteiger partial charge on any atom is -0.506 e. The number of hydrogen-bond acceptors (Lipinski definition) is 3. The summed E-state index contributed by atoms with van der Waals surface area (Å²) in [6.07, 6.45) is 2.33. The number of carbonyl (C=O) groups is 1. The molecule has 0 radical (unpaired) electrons. The van der Waals surface area contributed by atoms with Gasteiger partial charge in [-0.15, -0.1) is 0 Å². The summed E-state index contributed by atoms with van der Waals surface area (Å²) in [5.74, 6) is 0.170. The summed E-state index contributed by atoms with van der Waals surface area (Å²) in [7, 11) is 1.96. The van der Waals surface area contributed by atoms with Gasteiger partial charge >= 0.3 is 0 Å². The van der Waals surface area contributed by atoms with Gasteiger partial charge in [0.2, 0.25) is 5.91 Å². The van der Waals surface area contributed by atoms with Crippen LogP contribution in [0.4, 0.5) is 0 Å². The number of nitrogens with one attached hydrogen (secondary N) is 1. The Morgan fingerprint density at radius 2 is 2.16 bits per heavy atom. The SMILES string of the molecule is CNC1CCN(C(=O)Cc2ccc(O)c(Cl)c2)CC1. The number of likely N-dealkylation sites (tertiary alicyclic amines) is 1. The molecule has 0 spiro atoms. The highest BCUT2D eigenvalue weighted by Gasteiger charge is 2.21. The summed E-state index contributed by atoms with van der Waals surface area (Å²) in [6.45, 7) is 1.60. The number of phenolic OH excluding ortho intramolecular Hbond substituents is 1. The number of hydrogen-bond donors (Lipinski definition) is 2. The van der Waals surface area contributed by atoms with Crippen molar-refractivity contribution in [3.05, 3.63) is 28.8 Å². The maximum absolute atomic E-state index is 12.2. The van der Waals surface area contributed by atoms with Crippen LogP contribution in [0.25, 0.3) is 0 Å². The second kappa shape index (κ2) is 6.26. The van der Waals surface area contributed by atoms with Gasteiger partial charge in [-0.25, -0.2) is 0 Å². The van der Waals surface area contributed by atoms with Crippen LogP contribution in [-0.2, 0) is 11.2 Å². The molecule has 0 unspecified atom stereocenters. The zero-order valence-corrected chi connectivity index (χ0v) is 11.8. The van der Waals surface area contributed by atoms with Crippen molar-refractivity contribution in [1.82, 2.24) is 10.2 Å². The minimum atomic E-state index is 0.0488.